The van der Waals surface area contributed by atoms with Crippen LogP contribution in [0.3, 0.4) is 0 Å². The molecule has 19 heavy (non-hydrogen) atoms. The molecule has 0 spiro atoms. The van der Waals surface area contributed by atoms with Crippen molar-refractivity contribution in [2.45, 2.75) is 37.7 Å². The van der Waals surface area contributed by atoms with Gasteiger partial charge < -0.3 is 10.4 Å². The molecule has 0 aliphatic heterocycles. The predicted octanol–water partition coefficient (Wildman–Crippen LogP) is 3.42. The maximum atomic E-state index is 12.0. The van der Waals surface area contributed by atoms with Gasteiger partial charge in [0, 0.05) is 12.1 Å². The van der Waals surface area contributed by atoms with E-state index in [-0.39, 0.29) is 12.5 Å². The fourth-order valence-electron chi connectivity index (χ4n) is 2.37. The molecule has 1 amide bonds. The molecule has 0 aromatic heterocycles. The Kier molecular flexibility index (Phi) is 4.71. The predicted molar refractivity (Wildman–Crippen MR) is 76.8 cm³/mol. The largest absolute Gasteiger partial charge is 0.388 e. The van der Waals surface area contributed by atoms with Gasteiger partial charge in [0.1, 0.15) is 0 Å². The van der Waals surface area contributed by atoms with Crippen LogP contribution in [-0.4, -0.2) is 23.2 Å². The number of hydrogen-bond acceptors (Lipinski definition) is 2. The molecule has 1 aromatic rings. The molecule has 0 unspecified atom stereocenters. The van der Waals surface area contributed by atoms with Gasteiger partial charge in [-0.15, -0.1) is 0 Å². The van der Waals surface area contributed by atoms with Crippen LogP contribution in [0.4, 0.5) is 0 Å². The van der Waals surface area contributed by atoms with Crippen molar-refractivity contribution in [3.63, 3.8) is 0 Å². The fourth-order valence-corrected chi connectivity index (χ4v) is 2.67. The SMILES string of the molecule is O=C(NCC1(O)CCCCC1)c1ccc(Cl)c(Cl)c1. The van der Waals surface area contributed by atoms with Gasteiger partial charge in [-0.25, -0.2) is 0 Å². The summed E-state index contributed by atoms with van der Waals surface area (Å²) in [6, 6.07) is 4.74. The molecular weight excluding hydrogens is 285 g/mol. The van der Waals surface area contributed by atoms with Crippen molar-refractivity contribution in [3.8, 4) is 0 Å². The van der Waals surface area contributed by atoms with Crippen molar-refractivity contribution >= 4 is 29.1 Å². The Labute approximate surface area is 122 Å². The molecule has 0 atom stereocenters. The van der Waals surface area contributed by atoms with E-state index in [1.54, 1.807) is 12.1 Å². The van der Waals surface area contributed by atoms with Crippen LogP contribution in [0.1, 0.15) is 42.5 Å². The Morgan fingerprint density at radius 1 is 1.21 bits per heavy atom. The highest BCUT2D eigenvalue weighted by Gasteiger charge is 2.29. The van der Waals surface area contributed by atoms with E-state index in [9.17, 15) is 9.90 Å². The summed E-state index contributed by atoms with van der Waals surface area (Å²) in [7, 11) is 0. The van der Waals surface area contributed by atoms with E-state index in [0.29, 0.717) is 15.6 Å². The van der Waals surface area contributed by atoms with Crippen LogP contribution >= 0.6 is 23.2 Å². The standard InChI is InChI=1S/C14H17Cl2NO2/c15-11-5-4-10(8-12(11)16)13(18)17-9-14(19)6-2-1-3-7-14/h4-5,8,19H,1-3,6-7,9H2,(H,17,18). The summed E-state index contributed by atoms with van der Waals surface area (Å²) >= 11 is 11.7. The molecule has 1 aliphatic carbocycles. The highest BCUT2D eigenvalue weighted by molar-refractivity contribution is 6.42. The summed E-state index contributed by atoms with van der Waals surface area (Å²) in [5.74, 6) is -0.238. The van der Waals surface area contributed by atoms with Crippen LogP contribution in [0.5, 0.6) is 0 Å². The third-order valence-corrected chi connectivity index (χ3v) is 4.28. The lowest BCUT2D eigenvalue weighted by Crippen LogP contribution is -2.44. The Morgan fingerprint density at radius 2 is 1.89 bits per heavy atom. The number of amides is 1. The van der Waals surface area contributed by atoms with Gasteiger partial charge >= 0.3 is 0 Å². The van der Waals surface area contributed by atoms with Crippen LogP contribution in [0.25, 0.3) is 0 Å². The van der Waals surface area contributed by atoms with E-state index in [2.05, 4.69) is 5.32 Å². The average molecular weight is 302 g/mol. The van der Waals surface area contributed by atoms with Gasteiger partial charge in [0.05, 0.1) is 15.6 Å². The molecule has 0 heterocycles. The van der Waals surface area contributed by atoms with Gasteiger partial charge in [0.25, 0.3) is 5.91 Å². The number of halogens is 2. The third-order valence-electron chi connectivity index (χ3n) is 3.54. The fraction of sp³-hybridized carbons (Fsp3) is 0.500. The molecule has 2 N–H and O–H groups in total. The zero-order valence-corrected chi connectivity index (χ0v) is 12.1. The van der Waals surface area contributed by atoms with Crippen molar-refractivity contribution in [2.75, 3.05) is 6.54 Å². The zero-order valence-electron chi connectivity index (χ0n) is 10.6. The first-order valence-electron chi connectivity index (χ1n) is 6.46. The second kappa shape index (κ2) is 6.12. The minimum absolute atomic E-state index is 0.238. The molecule has 1 fully saturated rings. The van der Waals surface area contributed by atoms with Crippen LogP contribution < -0.4 is 5.32 Å². The van der Waals surface area contributed by atoms with Crippen LogP contribution in [0.2, 0.25) is 10.0 Å². The second-order valence-electron chi connectivity index (χ2n) is 5.10. The number of carbonyl (C=O) groups is 1. The van der Waals surface area contributed by atoms with Crippen LogP contribution in [-0.2, 0) is 0 Å². The number of benzene rings is 1. The lowest BCUT2D eigenvalue weighted by atomic mass is 9.85. The second-order valence-corrected chi connectivity index (χ2v) is 5.91. The summed E-state index contributed by atoms with van der Waals surface area (Å²) in [4.78, 5) is 12.0. The number of rotatable bonds is 3. The monoisotopic (exact) mass is 301 g/mol. The minimum Gasteiger partial charge on any atom is -0.388 e. The molecule has 1 aromatic carbocycles. The summed E-state index contributed by atoms with van der Waals surface area (Å²) in [6.45, 7) is 0.284. The first-order chi connectivity index (χ1) is 9.00. The Morgan fingerprint density at radius 3 is 2.53 bits per heavy atom. The molecule has 1 saturated carbocycles. The maximum Gasteiger partial charge on any atom is 0.251 e. The zero-order chi connectivity index (χ0) is 13.9. The molecule has 2 rings (SSSR count). The highest BCUT2D eigenvalue weighted by atomic mass is 35.5. The van der Waals surface area contributed by atoms with E-state index in [1.807, 2.05) is 0 Å². The lowest BCUT2D eigenvalue weighted by Gasteiger charge is -2.32. The van der Waals surface area contributed by atoms with E-state index in [4.69, 9.17) is 23.2 Å². The Hall–Kier alpha value is -0.770. The smallest absolute Gasteiger partial charge is 0.251 e. The minimum atomic E-state index is -0.760. The van der Waals surface area contributed by atoms with Crippen molar-refractivity contribution in [2.24, 2.45) is 0 Å². The molecule has 0 bridgehead atoms. The lowest BCUT2D eigenvalue weighted by molar-refractivity contribution is 0.00526. The molecule has 3 nitrogen and oxygen atoms in total. The van der Waals surface area contributed by atoms with Gasteiger partial charge in [-0.1, -0.05) is 42.5 Å². The first-order valence-corrected chi connectivity index (χ1v) is 7.21. The molecule has 1 aliphatic rings. The van der Waals surface area contributed by atoms with Crippen molar-refractivity contribution < 1.29 is 9.90 Å². The van der Waals surface area contributed by atoms with Gasteiger partial charge in [-0.2, -0.15) is 0 Å². The number of carbonyl (C=O) groups excluding carboxylic acids is 1. The average Bonchev–Trinajstić information content (AvgIpc) is 2.40. The Bertz CT molecular complexity index is 471. The molecule has 104 valence electrons. The quantitative estimate of drug-likeness (QED) is 0.899. The van der Waals surface area contributed by atoms with E-state index in [0.717, 1.165) is 32.1 Å². The summed E-state index contributed by atoms with van der Waals surface area (Å²) in [6.07, 6.45) is 4.67. The summed E-state index contributed by atoms with van der Waals surface area (Å²) in [5, 5.41) is 13.8. The van der Waals surface area contributed by atoms with Gasteiger partial charge in [-0.3, -0.25) is 4.79 Å². The van der Waals surface area contributed by atoms with E-state index >= 15 is 0 Å². The summed E-state index contributed by atoms with van der Waals surface area (Å²) in [5.41, 5.74) is -0.307. The molecule has 0 saturated heterocycles. The van der Waals surface area contributed by atoms with Crippen LogP contribution in [0, 0.1) is 0 Å². The Balaban J connectivity index is 1.95. The van der Waals surface area contributed by atoms with E-state index < -0.39 is 5.60 Å². The van der Waals surface area contributed by atoms with E-state index in [1.165, 1.54) is 6.07 Å². The van der Waals surface area contributed by atoms with Gasteiger partial charge in [0.15, 0.2) is 0 Å². The first kappa shape index (κ1) is 14.6. The number of nitrogens with one attached hydrogen (secondary N) is 1. The molecule has 0 radical (unpaired) electrons. The van der Waals surface area contributed by atoms with Crippen molar-refractivity contribution in [1.82, 2.24) is 5.32 Å². The summed E-state index contributed by atoms with van der Waals surface area (Å²) < 4.78 is 0. The van der Waals surface area contributed by atoms with Crippen molar-refractivity contribution in [1.29, 1.82) is 0 Å². The highest BCUT2D eigenvalue weighted by Crippen LogP contribution is 2.27. The normalized spacial score (nSPS) is 18.1. The molecular formula is C14H17Cl2NO2. The molecule has 5 heteroatoms. The number of aliphatic hydroxyl groups is 1. The third kappa shape index (κ3) is 3.85. The van der Waals surface area contributed by atoms with Gasteiger partial charge in [-0.05, 0) is 31.0 Å². The van der Waals surface area contributed by atoms with Crippen LogP contribution in [0.15, 0.2) is 18.2 Å². The van der Waals surface area contributed by atoms with Gasteiger partial charge in [0.2, 0.25) is 0 Å². The number of hydrogen-bond donors (Lipinski definition) is 2. The van der Waals surface area contributed by atoms with Crippen molar-refractivity contribution in [3.05, 3.63) is 33.8 Å². The maximum absolute atomic E-state index is 12.0. The topological polar surface area (TPSA) is 49.3 Å².